The third kappa shape index (κ3) is 4.58. The standard InChI is InChI=1S/C20H18Cl2N4O2/c1-25(2)20(28)17(8-13-6-4-3-5-7-13)19(27)18-12-26(24-23-18)16-10-14(21)9-15(22)11-16/h3-7,9-12,17H,8H2,1-2H3. The molecule has 0 fully saturated rings. The van der Waals surface area contributed by atoms with E-state index in [1.54, 1.807) is 32.3 Å². The van der Waals surface area contributed by atoms with Crippen LogP contribution in [-0.2, 0) is 11.2 Å². The Morgan fingerprint density at radius 2 is 1.71 bits per heavy atom. The fourth-order valence-electron chi connectivity index (χ4n) is 2.81. The van der Waals surface area contributed by atoms with E-state index in [1.165, 1.54) is 15.8 Å². The predicted molar refractivity (Wildman–Crippen MR) is 108 cm³/mol. The zero-order chi connectivity index (χ0) is 20.3. The third-order valence-electron chi connectivity index (χ3n) is 4.20. The number of carbonyl (C=O) groups excluding carboxylic acids is 2. The minimum absolute atomic E-state index is 0.104. The molecule has 1 heterocycles. The molecule has 6 nitrogen and oxygen atoms in total. The van der Waals surface area contributed by atoms with E-state index in [2.05, 4.69) is 10.3 Å². The molecule has 0 saturated carbocycles. The van der Waals surface area contributed by atoms with Crippen molar-refractivity contribution in [1.29, 1.82) is 0 Å². The van der Waals surface area contributed by atoms with Crippen molar-refractivity contribution >= 4 is 34.9 Å². The lowest BCUT2D eigenvalue weighted by molar-refractivity contribution is -0.131. The molecule has 1 atom stereocenters. The van der Waals surface area contributed by atoms with Crippen molar-refractivity contribution in [3.8, 4) is 5.69 Å². The molecule has 0 spiro atoms. The maximum atomic E-state index is 13.1. The Kier molecular flexibility index (Phi) is 6.11. The van der Waals surface area contributed by atoms with Crippen LogP contribution in [0.15, 0.2) is 54.7 Å². The van der Waals surface area contributed by atoms with Crippen molar-refractivity contribution in [3.05, 3.63) is 76.0 Å². The van der Waals surface area contributed by atoms with Gasteiger partial charge in [-0.15, -0.1) is 5.10 Å². The Morgan fingerprint density at radius 1 is 1.07 bits per heavy atom. The van der Waals surface area contributed by atoms with Crippen LogP contribution >= 0.6 is 23.2 Å². The van der Waals surface area contributed by atoms with Gasteiger partial charge in [0.1, 0.15) is 11.6 Å². The molecule has 1 amide bonds. The van der Waals surface area contributed by atoms with E-state index < -0.39 is 5.92 Å². The summed E-state index contributed by atoms with van der Waals surface area (Å²) in [5.41, 5.74) is 1.57. The summed E-state index contributed by atoms with van der Waals surface area (Å²) in [6.45, 7) is 0. The van der Waals surface area contributed by atoms with Gasteiger partial charge in [0.15, 0.2) is 5.78 Å². The third-order valence-corrected chi connectivity index (χ3v) is 4.63. The van der Waals surface area contributed by atoms with Gasteiger partial charge in [0.2, 0.25) is 5.91 Å². The van der Waals surface area contributed by atoms with Crippen molar-refractivity contribution in [1.82, 2.24) is 19.9 Å². The van der Waals surface area contributed by atoms with E-state index >= 15 is 0 Å². The van der Waals surface area contributed by atoms with Crippen molar-refractivity contribution in [3.63, 3.8) is 0 Å². The van der Waals surface area contributed by atoms with Gasteiger partial charge >= 0.3 is 0 Å². The van der Waals surface area contributed by atoms with Crippen molar-refractivity contribution in [2.24, 2.45) is 5.92 Å². The average molecular weight is 417 g/mol. The largest absolute Gasteiger partial charge is 0.348 e. The molecule has 0 radical (unpaired) electrons. The Balaban J connectivity index is 1.90. The second-order valence-corrected chi connectivity index (χ2v) is 7.39. The fraction of sp³-hybridized carbons (Fsp3) is 0.200. The Labute approximate surface area is 172 Å². The van der Waals surface area contributed by atoms with E-state index in [9.17, 15) is 9.59 Å². The lowest BCUT2D eigenvalue weighted by Gasteiger charge is -2.18. The highest BCUT2D eigenvalue weighted by Crippen LogP contribution is 2.22. The second-order valence-electron chi connectivity index (χ2n) is 6.52. The van der Waals surface area contributed by atoms with Gasteiger partial charge in [-0.05, 0) is 30.2 Å². The van der Waals surface area contributed by atoms with Crippen LogP contribution in [0.3, 0.4) is 0 Å². The first-order valence-corrected chi connectivity index (χ1v) is 9.29. The summed E-state index contributed by atoms with van der Waals surface area (Å²) in [5.74, 6) is -1.55. The number of halogens is 2. The van der Waals surface area contributed by atoms with Crippen LogP contribution in [-0.4, -0.2) is 45.7 Å². The molecule has 8 heteroatoms. The van der Waals surface area contributed by atoms with Gasteiger partial charge in [0.05, 0.1) is 11.9 Å². The van der Waals surface area contributed by atoms with Crippen molar-refractivity contribution in [2.45, 2.75) is 6.42 Å². The highest BCUT2D eigenvalue weighted by Gasteiger charge is 2.31. The van der Waals surface area contributed by atoms with Crippen LogP contribution in [0.2, 0.25) is 10.0 Å². The lowest BCUT2D eigenvalue weighted by atomic mass is 9.92. The molecule has 1 aromatic heterocycles. The molecule has 0 bridgehead atoms. The molecule has 3 rings (SSSR count). The quantitative estimate of drug-likeness (QED) is 0.453. The summed E-state index contributed by atoms with van der Waals surface area (Å²) in [7, 11) is 3.25. The van der Waals surface area contributed by atoms with Gasteiger partial charge in [0, 0.05) is 24.1 Å². The molecular formula is C20H18Cl2N4O2. The molecule has 144 valence electrons. The highest BCUT2D eigenvalue weighted by atomic mass is 35.5. The number of Topliss-reactive ketones (excluding diaryl/α,β-unsaturated/α-hetero) is 1. The molecule has 1 unspecified atom stereocenters. The lowest BCUT2D eigenvalue weighted by Crippen LogP contribution is -2.36. The van der Waals surface area contributed by atoms with Crippen LogP contribution < -0.4 is 0 Å². The predicted octanol–water partition coefficient (Wildman–Crippen LogP) is 3.70. The summed E-state index contributed by atoms with van der Waals surface area (Å²) >= 11 is 12.0. The minimum atomic E-state index is -0.884. The SMILES string of the molecule is CN(C)C(=O)C(Cc1ccccc1)C(=O)c1cn(-c2cc(Cl)cc(Cl)c2)nn1. The van der Waals surface area contributed by atoms with Crippen molar-refractivity contribution < 1.29 is 9.59 Å². The molecule has 28 heavy (non-hydrogen) atoms. The van der Waals surface area contributed by atoms with Crippen LogP contribution in [0.4, 0.5) is 0 Å². The van der Waals surface area contributed by atoms with Crippen LogP contribution in [0, 0.1) is 5.92 Å². The summed E-state index contributed by atoms with van der Waals surface area (Å²) in [4.78, 5) is 27.1. The smallest absolute Gasteiger partial charge is 0.233 e. The molecule has 0 saturated heterocycles. The van der Waals surface area contributed by atoms with Gasteiger partial charge in [-0.3, -0.25) is 9.59 Å². The van der Waals surface area contributed by atoms with E-state index in [0.29, 0.717) is 15.7 Å². The average Bonchev–Trinajstić information content (AvgIpc) is 3.15. The maximum Gasteiger partial charge on any atom is 0.233 e. The first-order valence-electron chi connectivity index (χ1n) is 8.53. The van der Waals surface area contributed by atoms with E-state index in [-0.39, 0.29) is 23.8 Å². The number of hydrogen-bond acceptors (Lipinski definition) is 4. The fourth-order valence-corrected chi connectivity index (χ4v) is 3.32. The summed E-state index contributed by atoms with van der Waals surface area (Å²) in [5, 5.41) is 8.83. The van der Waals surface area contributed by atoms with Gasteiger partial charge in [-0.1, -0.05) is 58.7 Å². The first-order chi connectivity index (χ1) is 13.3. The monoisotopic (exact) mass is 416 g/mol. The number of amides is 1. The number of ketones is 1. The number of hydrogen-bond donors (Lipinski definition) is 0. The Hall–Kier alpha value is -2.70. The van der Waals surface area contributed by atoms with Crippen molar-refractivity contribution in [2.75, 3.05) is 14.1 Å². The number of nitrogens with zero attached hydrogens (tertiary/aromatic N) is 4. The number of aromatic nitrogens is 3. The number of carbonyl (C=O) groups is 2. The maximum absolute atomic E-state index is 13.1. The Bertz CT molecular complexity index is 982. The van der Waals surface area contributed by atoms with Crippen LogP contribution in [0.25, 0.3) is 5.69 Å². The number of rotatable bonds is 6. The molecular weight excluding hydrogens is 399 g/mol. The molecule has 2 aromatic carbocycles. The molecule has 3 aromatic rings. The molecule has 0 aliphatic heterocycles. The van der Waals surface area contributed by atoms with Gasteiger partial charge < -0.3 is 4.90 Å². The Morgan fingerprint density at radius 3 is 2.32 bits per heavy atom. The van der Waals surface area contributed by atoms with Gasteiger partial charge in [0.25, 0.3) is 0 Å². The number of benzene rings is 2. The van der Waals surface area contributed by atoms with Gasteiger partial charge in [-0.2, -0.15) is 0 Å². The highest BCUT2D eigenvalue weighted by molar-refractivity contribution is 6.34. The topological polar surface area (TPSA) is 68.1 Å². The van der Waals surface area contributed by atoms with Gasteiger partial charge in [-0.25, -0.2) is 4.68 Å². The molecule has 0 aliphatic rings. The first kappa shape index (κ1) is 20.0. The minimum Gasteiger partial charge on any atom is -0.348 e. The van der Waals surface area contributed by atoms with Crippen LogP contribution in [0.5, 0.6) is 0 Å². The van der Waals surface area contributed by atoms with Crippen LogP contribution in [0.1, 0.15) is 16.1 Å². The second kappa shape index (κ2) is 8.54. The molecule has 0 N–H and O–H groups in total. The zero-order valence-corrected chi connectivity index (χ0v) is 16.9. The van der Waals surface area contributed by atoms with E-state index in [0.717, 1.165) is 5.56 Å². The summed E-state index contributed by atoms with van der Waals surface area (Å²) in [6.07, 6.45) is 1.76. The summed E-state index contributed by atoms with van der Waals surface area (Å²) < 4.78 is 1.41. The summed E-state index contributed by atoms with van der Waals surface area (Å²) in [6, 6.07) is 14.3. The van der Waals surface area contributed by atoms with E-state index in [4.69, 9.17) is 23.2 Å². The van der Waals surface area contributed by atoms with E-state index in [1.807, 2.05) is 30.3 Å². The molecule has 0 aliphatic carbocycles. The normalized spacial score (nSPS) is 11.9. The zero-order valence-electron chi connectivity index (χ0n) is 15.3.